The van der Waals surface area contributed by atoms with Gasteiger partial charge < -0.3 is 27.0 Å². The molecule has 104 valence electrons. The standard InChI is InChI=1S/C12H18N4O3/c13-12(14)16-4-2-1-3-15-11(19)8-5-9(17)7-10(18)6-8/h5-7,17-18H,1-4H2,(H,15,19)(H4,13,14,16). The second kappa shape index (κ2) is 7.10. The van der Waals surface area contributed by atoms with Crippen LogP contribution in [0.1, 0.15) is 23.2 Å². The molecule has 0 spiro atoms. The molecule has 0 aliphatic carbocycles. The fourth-order valence-electron chi connectivity index (χ4n) is 1.48. The summed E-state index contributed by atoms with van der Waals surface area (Å²) in [6.45, 7) is 0.986. The molecule has 0 radical (unpaired) electrons. The lowest BCUT2D eigenvalue weighted by atomic mass is 10.2. The predicted molar refractivity (Wildman–Crippen MR) is 72.0 cm³/mol. The molecule has 0 atom stereocenters. The van der Waals surface area contributed by atoms with E-state index in [2.05, 4.69) is 10.3 Å². The number of guanidine groups is 1. The molecular formula is C12H18N4O3. The van der Waals surface area contributed by atoms with Gasteiger partial charge in [-0.05, 0) is 25.0 Å². The summed E-state index contributed by atoms with van der Waals surface area (Å²) in [5.41, 5.74) is 10.6. The van der Waals surface area contributed by atoms with Crippen LogP contribution in [-0.2, 0) is 0 Å². The fraction of sp³-hybridized carbons (Fsp3) is 0.333. The number of hydrogen-bond acceptors (Lipinski definition) is 4. The van der Waals surface area contributed by atoms with E-state index in [1.54, 1.807) is 0 Å². The monoisotopic (exact) mass is 266 g/mol. The highest BCUT2D eigenvalue weighted by Gasteiger charge is 2.07. The molecule has 7 nitrogen and oxygen atoms in total. The Bertz CT molecular complexity index is 450. The van der Waals surface area contributed by atoms with Crippen LogP contribution in [0.3, 0.4) is 0 Å². The van der Waals surface area contributed by atoms with E-state index in [1.165, 1.54) is 12.1 Å². The molecule has 0 aromatic heterocycles. The van der Waals surface area contributed by atoms with Crippen molar-refractivity contribution in [2.75, 3.05) is 13.1 Å². The Labute approximate surface area is 110 Å². The van der Waals surface area contributed by atoms with Gasteiger partial charge in [-0.3, -0.25) is 9.79 Å². The maximum Gasteiger partial charge on any atom is 0.251 e. The molecule has 0 saturated heterocycles. The fourth-order valence-corrected chi connectivity index (χ4v) is 1.48. The highest BCUT2D eigenvalue weighted by atomic mass is 16.3. The quantitative estimate of drug-likeness (QED) is 0.278. The van der Waals surface area contributed by atoms with Gasteiger partial charge in [-0.15, -0.1) is 0 Å². The second-order valence-corrected chi connectivity index (χ2v) is 4.01. The van der Waals surface area contributed by atoms with E-state index in [4.69, 9.17) is 11.5 Å². The van der Waals surface area contributed by atoms with Crippen LogP contribution < -0.4 is 16.8 Å². The first kappa shape index (κ1) is 14.6. The van der Waals surface area contributed by atoms with Crippen LogP contribution in [0, 0.1) is 0 Å². The number of aliphatic imine (C=N–C) groups is 1. The van der Waals surface area contributed by atoms with E-state index in [0.29, 0.717) is 13.1 Å². The normalized spacial score (nSPS) is 9.89. The van der Waals surface area contributed by atoms with Crippen molar-refractivity contribution in [2.45, 2.75) is 12.8 Å². The van der Waals surface area contributed by atoms with Crippen molar-refractivity contribution in [1.29, 1.82) is 0 Å². The Morgan fingerprint density at radius 2 is 1.79 bits per heavy atom. The minimum absolute atomic E-state index is 0.0549. The summed E-state index contributed by atoms with van der Waals surface area (Å²) in [4.78, 5) is 15.5. The summed E-state index contributed by atoms with van der Waals surface area (Å²) in [5, 5.41) is 21.2. The number of aromatic hydroxyl groups is 2. The number of nitrogens with zero attached hydrogens (tertiary/aromatic N) is 1. The molecule has 1 aromatic carbocycles. The smallest absolute Gasteiger partial charge is 0.251 e. The van der Waals surface area contributed by atoms with Crippen LogP contribution in [0.5, 0.6) is 11.5 Å². The molecule has 0 aliphatic heterocycles. The van der Waals surface area contributed by atoms with E-state index in [9.17, 15) is 15.0 Å². The van der Waals surface area contributed by atoms with Crippen LogP contribution in [0.25, 0.3) is 0 Å². The zero-order valence-corrected chi connectivity index (χ0v) is 10.5. The maximum atomic E-state index is 11.7. The van der Waals surface area contributed by atoms with Crippen LogP contribution >= 0.6 is 0 Å². The number of carbonyl (C=O) groups excluding carboxylic acids is 1. The van der Waals surface area contributed by atoms with Gasteiger partial charge >= 0.3 is 0 Å². The lowest BCUT2D eigenvalue weighted by Crippen LogP contribution is -2.25. The molecule has 7 N–H and O–H groups in total. The van der Waals surface area contributed by atoms with Crippen LogP contribution in [0.4, 0.5) is 0 Å². The Morgan fingerprint density at radius 3 is 2.37 bits per heavy atom. The molecule has 0 aliphatic rings. The van der Waals surface area contributed by atoms with Gasteiger partial charge in [0.2, 0.25) is 0 Å². The highest BCUT2D eigenvalue weighted by Crippen LogP contribution is 2.20. The minimum atomic E-state index is -0.354. The first-order valence-corrected chi connectivity index (χ1v) is 5.85. The molecular weight excluding hydrogens is 248 g/mol. The largest absolute Gasteiger partial charge is 0.508 e. The first-order chi connectivity index (χ1) is 8.99. The SMILES string of the molecule is NC(N)=NCCCCNC(=O)c1cc(O)cc(O)c1. The Kier molecular flexibility index (Phi) is 5.46. The van der Waals surface area contributed by atoms with Gasteiger partial charge in [0.1, 0.15) is 11.5 Å². The van der Waals surface area contributed by atoms with Crippen LogP contribution in [-0.4, -0.2) is 35.2 Å². The van der Waals surface area contributed by atoms with Gasteiger partial charge in [0, 0.05) is 24.7 Å². The summed E-state index contributed by atoms with van der Waals surface area (Å²) >= 11 is 0. The van der Waals surface area contributed by atoms with E-state index in [0.717, 1.165) is 18.9 Å². The van der Waals surface area contributed by atoms with Gasteiger partial charge in [0.15, 0.2) is 5.96 Å². The number of hydrogen-bond donors (Lipinski definition) is 5. The van der Waals surface area contributed by atoms with E-state index in [1.807, 2.05) is 0 Å². The van der Waals surface area contributed by atoms with Crippen molar-refractivity contribution in [2.24, 2.45) is 16.5 Å². The highest BCUT2D eigenvalue weighted by molar-refractivity contribution is 5.95. The molecule has 0 saturated carbocycles. The Morgan fingerprint density at radius 1 is 1.16 bits per heavy atom. The van der Waals surface area contributed by atoms with E-state index in [-0.39, 0.29) is 28.9 Å². The summed E-state index contributed by atoms with van der Waals surface area (Å²) in [6.07, 6.45) is 1.48. The molecule has 0 bridgehead atoms. The lowest BCUT2D eigenvalue weighted by molar-refractivity contribution is 0.0952. The number of benzene rings is 1. The van der Waals surface area contributed by atoms with Gasteiger partial charge in [-0.25, -0.2) is 0 Å². The second-order valence-electron chi connectivity index (χ2n) is 4.01. The summed E-state index contributed by atoms with van der Waals surface area (Å²) < 4.78 is 0. The van der Waals surface area contributed by atoms with Gasteiger partial charge in [0.25, 0.3) is 5.91 Å². The molecule has 0 unspecified atom stereocenters. The van der Waals surface area contributed by atoms with Crippen LogP contribution in [0.15, 0.2) is 23.2 Å². The number of nitrogens with two attached hydrogens (primary N) is 2. The molecule has 1 aromatic rings. The predicted octanol–water partition coefficient (Wildman–Crippen LogP) is -0.119. The molecule has 0 fully saturated rings. The third-order valence-electron chi connectivity index (χ3n) is 2.33. The third kappa shape index (κ3) is 5.62. The lowest BCUT2D eigenvalue weighted by Gasteiger charge is -2.05. The van der Waals surface area contributed by atoms with Crippen molar-refractivity contribution in [3.8, 4) is 11.5 Å². The summed E-state index contributed by atoms with van der Waals surface area (Å²) in [5.74, 6) is -0.608. The molecule has 7 heteroatoms. The number of nitrogens with one attached hydrogen (secondary N) is 1. The van der Waals surface area contributed by atoms with Crippen LogP contribution in [0.2, 0.25) is 0 Å². The Balaban J connectivity index is 2.33. The summed E-state index contributed by atoms with van der Waals surface area (Å²) in [7, 11) is 0. The van der Waals surface area contributed by atoms with Crippen molar-refractivity contribution in [3.63, 3.8) is 0 Å². The van der Waals surface area contributed by atoms with E-state index < -0.39 is 0 Å². The van der Waals surface area contributed by atoms with Crippen molar-refractivity contribution in [3.05, 3.63) is 23.8 Å². The minimum Gasteiger partial charge on any atom is -0.508 e. The van der Waals surface area contributed by atoms with Crippen molar-refractivity contribution >= 4 is 11.9 Å². The number of carbonyl (C=O) groups is 1. The maximum absolute atomic E-state index is 11.7. The number of rotatable bonds is 6. The molecule has 19 heavy (non-hydrogen) atoms. The van der Waals surface area contributed by atoms with Gasteiger partial charge in [0.05, 0.1) is 0 Å². The number of amides is 1. The first-order valence-electron chi connectivity index (χ1n) is 5.85. The van der Waals surface area contributed by atoms with E-state index >= 15 is 0 Å². The zero-order chi connectivity index (χ0) is 14.3. The number of phenolic OH excluding ortho intramolecular Hbond substituents is 2. The molecule has 1 amide bonds. The van der Waals surface area contributed by atoms with Gasteiger partial charge in [-0.2, -0.15) is 0 Å². The Hall–Kier alpha value is -2.44. The van der Waals surface area contributed by atoms with Crippen molar-refractivity contribution < 1.29 is 15.0 Å². The number of unbranched alkanes of at least 4 members (excludes halogenated alkanes) is 1. The topological polar surface area (TPSA) is 134 Å². The summed E-state index contributed by atoms with van der Waals surface area (Å²) in [6, 6.07) is 3.73. The average Bonchev–Trinajstić information content (AvgIpc) is 2.31. The number of phenols is 2. The third-order valence-corrected chi connectivity index (χ3v) is 2.33. The average molecular weight is 266 g/mol. The zero-order valence-electron chi connectivity index (χ0n) is 10.5. The van der Waals surface area contributed by atoms with Crippen molar-refractivity contribution in [1.82, 2.24) is 5.32 Å². The molecule has 0 heterocycles. The van der Waals surface area contributed by atoms with Gasteiger partial charge in [-0.1, -0.05) is 0 Å². The molecule has 1 rings (SSSR count).